The molecule has 1 aromatic heterocycles. The van der Waals surface area contributed by atoms with Gasteiger partial charge in [0.05, 0.1) is 11.2 Å². The van der Waals surface area contributed by atoms with Crippen molar-refractivity contribution in [3.8, 4) is 22.6 Å². The Morgan fingerprint density at radius 2 is 1.37 bits per heavy atom. The van der Waals surface area contributed by atoms with Gasteiger partial charge in [-0.2, -0.15) is 0 Å². The zero-order valence-electron chi connectivity index (χ0n) is 14.4. The molecule has 0 radical (unpaired) electrons. The van der Waals surface area contributed by atoms with Crippen LogP contribution in [0, 0.1) is 0 Å². The Hall–Kier alpha value is -3.23. The van der Waals surface area contributed by atoms with E-state index in [1.807, 2.05) is 42.5 Å². The number of benzene rings is 4. The van der Waals surface area contributed by atoms with Crippen molar-refractivity contribution < 1.29 is 0 Å². The predicted octanol–water partition coefficient (Wildman–Crippen LogP) is 6.77. The van der Waals surface area contributed by atoms with Crippen LogP contribution in [0.2, 0.25) is 5.02 Å². The van der Waals surface area contributed by atoms with E-state index in [1.54, 1.807) is 0 Å². The zero-order chi connectivity index (χ0) is 18.2. The first-order valence-corrected chi connectivity index (χ1v) is 9.18. The van der Waals surface area contributed by atoms with E-state index in [4.69, 9.17) is 21.6 Å². The maximum absolute atomic E-state index is 6.19. The number of rotatable bonds is 2. The van der Waals surface area contributed by atoms with E-state index in [0.29, 0.717) is 10.8 Å². The van der Waals surface area contributed by atoms with Crippen molar-refractivity contribution in [2.75, 3.05) is 0 Å². The average molecular weight is 367 g/mol. The Kier molecular flexibility index (Phi) is 3.84. The SMILES string of the molecule is Clc1cccc(-c2nc(-c3cccc4ccccc34)c3ccccc3n2)c1. The second-order valence-electron chi connectivity index (χ2n) is 6.45. The van der Waals surface area contributed by atoms with Crippen molar-refractivity contribution in [2.24, 2.45) is 0 Å². The third-order valence-electron chi connectivity index (χ3n) is 4.73. The van der Waals surface area contributed by atoms with Crippen molar-refractivity contribution in [1.29, 1.82) is 0 Å². The largest absolute Gasteiger partial charge is 0.228 e. The minimum Gasteiger partial charge on any atom is -0.228 e. The van der Waals surface area contributed by atoms with Gasteiger partial charge in [0.1, 0.15) is 0 Å². The van der Waals surface area contributed by atoms with Crippen LogP contribution in [-0.4, -0.2) is 9.97 Å². The molecule has 0 amide bonds. The predicted molar refractivity (Wildman–Crippen MR) is 113 cm³/mol. The lowest BCUT2D eigenvalue weighted by molar-refractivity contribution is 1.23. The topological polar surface area (TPSA) is 25.8 Å². The number of aromatic nitrogens is 2. The molecule has 1 heterocycles. The number of para-hydroxylation sites is 1. The second kappa shape index (κ2) is 6.49. The molecule has 5 rings (SSSR count). The van der Waals surface area contributed by atoms with Gasteiger partial charge in [-0.15, -0.1) is 0 Å². The Labute approximate surface area is 162 Å². The van der Waals surface area contributed by atoms with Crippen molar-refractivity contribution in [1.82, 2.24) is 9.97 Å². The molecule has 0 N–H and O–H groups in total. The molecule has 5 aromatic rings. The fourth-order valence-electron chi connectivity index (χ4n) is 3.47. The summed E-state index contributed by atoms with van der Waals surface area (Å²) in [6.45, 7) is 0. The standard InChI is InChI=1S/C24H15ClN2/c25-18-10-5-9-17(15-18)24-26-22-14-4-3-12-21(22)23(27-24)20-13-6-8-16-7-1-2-11-19(16)20/h1-15H. The van der Waals surface area contributed by atoms with E-state index in [1.165, 1.54) is 10.8 Å². The maximum atomic E-state index is 6.19. The fraction of sp³-hybridized carbons (Fsp3) is 0. The highest BCUT2D eigenvalue weighted by molar-refractivity contribution is 6.30. The first kappa shape index (κ1) is 16.0. The molecule has 0 unspecified atom stereocenters. The Bertz CT molecular complexity index is 1290. The van der Waals surface area contributed by atoms with Crippen molar-refractivity contribution in [3.63, 3.8) is 0 Å². The van der Waals surface area contributed by atoms with Crippen LogP contribution in [0.3, 0.4) is 0 Å². The van der Waals surface area contributed by atoms with Gasteiger partial charge in [-0.3, -0.25) is 0 Å². The molecular formula is C24H15ClN2. The van der Waals surface area contributed by atoms with Gasteiger partial charge in [0.25, 0.3) is 0 Å². The molecule has 27 heavy (non-hydrogen) atoms. The van der Waals surface area contributed by atoms with Crippen molar-refractivity contribution in [3.05, 3.63) is 96.0 Å². The number of halogens is 1. The molecule has 0 aliphatic rings. The first-order chi connectivity index (χ1) is 13.3. The van der Waals surface area contributed by atoms with Crippen LogP contribution in [0.5, 0.6) is 0 Å². The number of fused-ring (bicyclic) bond motifs is 2. The summed E-state index contributed by atoms with van der Waals surface area (Å²) in [5, 5.41) is 4.10. The van der Waals surface area contributed by atoms with Gasteiger partial charge >= 0.3 is 0 Å². The third-order valence-corrected chi connectivity index (χ3v) is 4.97. The summed E-state index contributed by atoms with van der Waals surface area (Å²) in [6.07, 6.45) is 0. The molecular weight excluding hydrogens is 352 g/mol. The van der Waals surface area contributed by atoms with Gasteiger partial charge in [0.15, 0.2) is 5.82 Å². The zero-order valence-corrected chi connectivity index (χ0v) is 15.2. The molecule has 4 aromatic carbocycles. The third kappa shape index (κ3) is 2.84. The van der Waals surface area contributed by atoms with Crippen LogP contribution in [0.25, 0.3) is 44.3 Å². The monoisotopic (exact) mass is 366 g/mol. The van der Waals surface area contributed by atoms with Gasteiger partial charge in [-0.1, -0.05) is 84.4 Å². The van der Waals surface area contributed by atoms with Gasteiger partial charge < -0.3 is 0 Å². The summed E-state index contributed by atoms with van der Waals surface area (Å²) in [5.74, 6) is 0.680. The van der Waals surface area contributed by atoms with Crippen LogP contribution in [0.15, 0.2) is 91.0 Å². The lowest BCUT2D eigenvalue weighted by atomic mass is 9.99. The fourth-order valence-corrected chi connectivity index (χ4v) is 3.66. The molecule has 0 atom stereocenters. The van der Waals surface area contributed by atoms with E-state index in [9.17, 15) is 0 Å². The highest BCUT2D eigenvalue weighted by Crippen LogP contribution is 2.33. The Morgan fingerprint density at radius 3 is 2.26 bits per heavy atom. The van der Waals surface area contributed by atoms with Crippen molar-refractivity contribution in [2.45, 2.75) is 0 Å². The normalized spacial score (nSPS) is 11.1. The minimum absolute atomic E-state index is 0.677. The number of nitrogens with zero attached hydrogens (tertiary/aromatic N) is 2. The molecule has 0 saturated carbocycles. The van der Waals surface area contributed by atoms with Crippen LogP contribution in [-0.2, 0) is 0 Å². The molecule has 0 aliphatic heterocycles. The quantitative estimate of drug-likeness (QED) is 0.344. The first-order valence-electron chi connectivity index (χ1n) is 8.80. The average Bonchev–Trinajstić information content (AvgIpc) is 2.72. The summed E-state index contributed by atoms with van der Waals surface area (Å²) >= 11 is 6.19. The molecule has 0 bridgehead atoms. The lowest BCUT2D eigenvalue weighted by Crippen LogP contribution is -1.95. The van der Waals surface area contributed by atoms with Gasteiger partial charge in [0.2, 0.25) is 0 Å². The van der Waals surface area contributed by atoms with Crippen LogP contribution in [0.4, 0.5) is 0 Å². The maximum Gasteiger partial charge on any atom is 0.160 e. The molecule has 2 nitrogen and oxygen atoms in total. The Morgan fingerprint density at radius 1 is 0.630 bits per heavy atom. The molecule has 0 saturated heterocycles. The highest BCUT2D eigenvalue weighted by atomic mass is 35.5. The van der Waals surface area contributed by atoms with Crippen LogP contribution >= 0.6 is 11.6 Å². The smallest absolute Gasteiger partial charge is 0.160 e. The minimum atomic E-state index is 0.677. The van der Waals surface area contributed by atoms with Gasteiger partial charge in [0, 0.05) is 21.5 Å². The molecule has 128 valence electrons. The second-order valence-corrected chi connectivity index (χ2v) is 6.89. The van der Waals surface area contributed by atoms with E-state index < -0.39 is 0 Å². The molecule has 0 fully saturated rings. The van der Waals surface area contributed by atoms with E-state index in [-0.39, 0.29) is 0 Å². The molecule has 3 heteroatoms. The summed E-state index contributed by atoms with van der Waals surface area (Å²) in [4.78, 5) is 9.75. The van der Waals surface area contributed by atoms with Crippen molar-refractivity contribution >= 4 is 33.3 Å². The highest BCUT2D eigenvalue weighted by Gasteiger charge is 2.13. The summed E-state index contributed by atoms with van der Waals surface area (Å²) in [7, 11) is 0. The van der Waals surface area contributed by atoms with Crippen LogP contribution in [0.1, 0.15) is 0 Å². The lowest BCUT2D eigenvalue weighted by Gasteiger charge is -2.11. The van der Waals surface area contributed by atoms with Gasteiger partial charge in [-0.25, -0.2) is 9.97 Å². The number of hydrogen-bond acceptors (Lipinski definition) is 2. The number of hydrogen-bond donors (Lipinski definition) is 0. The molecule has 0 aliphatic carbocycles. The molecule has 0 spiro atoms. The Balaban J connectivity index is 1.86. The van der Waals surface area contributed by atoms with E-state index in [0.717, 1.165) is 27.7 Å². The summed E-state index contributed by atoms with van der Waals surface area (Å²) in [5.41, 5.74) is 3.88. The van der Waals surface area contributed by atoms with Crippen LogP contribution < -0.4 is 0 Å². The van der Waals surface area contributed by atoms with E-state index >= 15 is 0 Å². The summed E-state index contributed by atoms with van der Waals surface area (Å²) in [6, 6.07) is 30.5. The van der Waals surface area contributed by atoms with E-state index in [2.05, 4.69) is 48.5 Å². The summed E-state index contributed by atoms with van der Waals surface area (Å²) < 4.78 is 0. The van der Waals surface area contributed by atoms with Gasteiger partial charge in [-0.05, 0) is 29.0 Å².